The number of hydrogen-bond donors (Lipinski definition) is 1. The molecule has 1 amide bonds. The van der Waals surface area contributed by atoms with Gasteiger partial charge in [-0.3, -0.25) is 9.69 Å². The van der Waals surface area contributed by atoms with Crippen molar-refractivity contribution in [1.82, 2.24) is 14.5 Å². The van der Waals surface area contributed by atoms with Gasteiger partial charge in [0.1, 0.15) is 5.82 Å². The third-order valence-electron chi connectivity index (χ3n) is 6.08. The number of benzene rings is 2. The molecule has 2 aromatic carbocycles. The van der Waals surface area contributed by atoms with Crippen molar-refractivity contribution in [2.24, 2.45) is 5.92 Å². The van der Waals surface area contributed by atoms with E-state index in [0.717, 1.165) is 60.6 Å². The van der Waals surface area contributed by atoms with E-state index in [9.17, 15) is 4.79 Å². The smallest absolute Gasteiger partial charge is 0.228 e. The average molecular weight is 405 g/mol. The van der Waals surface area contributed by atoms with E-state index >= 15 is 0 Å². The van der Waals surface area contributed by atoms with E-state index < -0.39 is 0 Å². The molecule has 0 aliphatic carbocycles. The Morgan fingerprint density at radius 2 is 2.00 bits per heavy atom. The number of carbonyl (C=O) groups excluding carboxylic acids is 1. The molecule has 0 radical (unpaired) electrons. The van der Waals surface area contributed by atoms with Gasteiger partial charge in [0.05, 0.1) is 23.5 Å². The predicted octanol–water partition coefficient (Wildman–Crippen LogP) is 5.08. The van der Waals surface area contributed by atoms with Crippen molar-refractivity contribution in [1.29, 1.82) is 0 Å². The molecule has 0 bridgehead atoms. The third-order valence-corrected chi connectivity index (χ3v) is 6.08. The minimum Gasteiger partial charge on any atom is -0.326 e. The molecule has 3 aromatic rings. The van der Waals surface area contributed by atoms with E-state index in [1.165, 1.54) is 5.52 Å². The lowest BCUT2D eigenvalue weighted by molar-refractivity contribution is -0.121. The average Bonchev–Trinajstić information content (AvgIpc) is 3.09. The summed E-state index contributed by atoms with van der Waals surface area (Å²) in [5.41, 5.74) is 5.42. The molecule has 4 rings (SSSR count). The molecule has 1 aliphatic rings. The van der Waals surface area contributed by atoms with E-state index in [2.05, 4.69) is 72.0 Å². The summed E-state index contributed by atoms with van der Waals surface area (Å²) in [6, 6.07) is 14.9. The number of imidazole rings is 1. The summed E-state index contributed by atoms with van der Waals surface area (Å²) in [5.74, 6) is 1.23. The van der Waals surface area contributed by atoms with Gasteiger partial charge in [-0.1, -0.05) is 24.3 Å². The second-order valence-electron chi connectivity index (χ2n) is 8.86. The van der Waals surface area contributed by atoms with Crippen molar-refractivity contribution in [2.45, 2.75) is 53.1 Å². The zero-order valence-electron chi connectivity index (χ0n) is 18.5. The predicted molar refractivity (Wildman–Crippen MR) is 123 cm³/mol. The van der Waals surface area contributed by atoms with Crippen LogP contribution in [0.3, 0.4) is 0 Å². The summed E-state index contributed by atoms with van der Waals surface area (Å²) in [5, 5.41) is 3.17. The van der Waals surface area contributed by atoms with Crippen LogP contribution in [0.4, 0.5) is 5.69 Å². The lowest BCUT2D eigenvalue weighted by atomic mass is 9.96. The number of aryl methyl sites for hydroxylation is 2. The minimum atomic E-state index is 0.00976. The molecule has 1 aromatic heterocycles. The zero-order chi connectivity index (χ0) is 21.3. The summed E-state index contributed by atoms with van der Waals surface area (Å²) in [6.45, 7) is 11.1. The van der Waals surface area contributed by atoms with E-state index in [4.69, 9.17) is 4.98 Å². The number of nitrogens with one attached hydrogen (secondary N) is 1. The first kappa shape index (κ1) is 20.6. The maximum atomic E-state index is 13.0. The molecular formula is C25H32N4O. The largest absolute Gasteiger partial charge is 0.326 e. The van der Waals surface area contributed by atoms with Gasteiger partial charge in [0.15, 0.2) is 0 Å². The van der Waals surface area contributed by atoms with Crippen LogP contribution in [-0.2, 0) is 11.3 Å². The maximum Gasteiger partial charge on any atom is 0.228 e. The summed E-state index contributed by atoms with van der Waals surface area (Å²) in [7, 11) is 0. The molecule has 30 heavy (non-hydrogen) atoms. The number of aromatic nitrogens is 2. The molecule has 0 saturated carbocycles. The monoisotopic (exact) mass is 404 g/mol. The van der Waals surface area contributed by atoms with E-state index in [1.807, 2.05) is 13.0 Å². The molecule has 158 valence electrons. The van der Waals surface area contributed by atoms with Crippen molar-refractivity contribution in [3.05, 3.63) is 59.4 Å². The fourth-order valence-electron chi connectivity index (χ4n) is 4.50. The Morgan fingerprint density at radius 1 is 1.20 bits per heavy atom. The molecule has 1 atom stereocenters. The SMILES string of the molecule is Cc1ccc(C)c(NC(=O)[C@H]2CCCN(Cc3nc4ccccc4n3C(C)C)C2)c1. The first-order valence-corrected chi connectivity index (χ1v) is 11.0. The molecule has 1 saturated heterocycles. The highest BCUT2D eigenvalue weighted by Crippen LogP contribution is 2.25. The number of amides is 1. The Bertz CT molecular complexity index is 1050. The number of likely N-dealkylation sites (tertiary alicyclic amines) is 1. The van der Waals surface area contributed by atoms with Gasteiger partial charge in [-0.05, 0) is 76.4 Å². The fraction of sp³-hybridized carbons (Fsp3) is 0.440. The molecule has 5 heteroatoms. The highest BCUT2D eigenvalue weighted by molar-refractivity contribution is 5.93. The van der Waals surface area contributed by atoms with E-state index in [0.29, 0.717) is 6.04 Å². The summed E-state index contributed by atoms with van der Waals surface area (Å²) < 4.78 is 2.33. The van der Waals surface area contributed by atoms with Gasteiger partial charge in [0.25, 0.3) is 0 Å². The molecule has 1 aliphatic heterocycles. The summed E-state index contributed by atoms with van der Waals surface area (Å²) in [4.78, 5) is 20.3. The van der Waals surface area contributed by atoms with Crippen molar-refractivity contribution in [2.75, 3.05) is 18.4 Å². The molecule has 0 unspecified atom stereocenters. The number of piperidine rings is 1. The minimum absolute atomic E-state index is 0.00976. The van der Waals surface area contributed by atoms with E-state index in [-0.39, 0.29) is 11.8 Å². The zero-order valence-corrected chi connectivity index (χ0v) is 18.5. The first-order valence-electron chi connectivity index (χ1n) is 11.0. The fourth-order valence-corrected chi connectivity index (χ4v) is 4.50. The second kappa shape index (κ2) is 8.60. The number of para-hydroxylation sites is 2. The number of rotatable bonds is 5. The standard InChI is InChI=1S/C25H32N4O/c1-17(2)29-23-10-6-5-9-21(23)26-24(29)16-28-13-7-8-20(15-28)25(30)27-22-14-18(3)11-12-19(22)4/h5-6,9-12,14,17,20H,7-8,13,15-16H2,1-4H3,(H,27,30)/t20-/m0/s1. The number of fused-ring (bicyclic) bond motifs is 1. The van der Waals surface area contributed by atoms with Gasteiger partial charge in [0, 0.05) is 18.3 Å². The summed E-state index contributed by atoms with van der Waals surface area (Å²) >= 11 is 0. The Kier molecular flexibility index (Phi) is 5.91. The quantitative estimate of drug-likeness (QED) is 0.645. The Morgan fingerprint density at radius 3 is 2.80 bits per heavy atom. The van der Waals surface area contributed by atoms with Gasteiger partial charge in [0.2, 0.25) is 5.91 Å². The van der Waals surface area contributed by atoms with Crippen LogP contribution in [-0.4, -0.2) is 33.4 Å². The Balaban J connectivity index is 1.48. The van der Waals surface area contributed by atoms with Gasteiger partial charge < -0.3 is 9.88 Å². The number of carbonyl (C=O) groups is 1. The van der Waals surface area contributed by atoms with Crippen LogP contribution in [0.15, 0.2) is 42.5 Å². The molecule has 0 spiro atoms. The van der Waals surface area contributed by atoms with Crippen molar-refractivity contribution in [3.63, 3.8) is 0 Å². The topological polar surface area (TPSA) is 50.2 Å². The molecule has 5 nitrogen and oxygen atoms in total. The highest BCUT2D eigenvalue weighted by Gasteiger charge is 2.27. The number of hydrogen-bond acceptors (Lipinski definition) is 3. The van der Waals surface area contributed by atoms with Gasteiger partial charge >= 0.3 is 0 Å². The Labute approximate surface area is 179 Å². The van der Waals surface area contributed by atoms with Gasteiger partial charge in [-0.2, -0.15) is 0 Å². The summed E-state index contributed by atoms with van der Waals surface area (Å²) in [6.07, 6.45) is 1.97. The number of anilines is 1. The van der Waals surface area contributed by atoms with Crippen LogP contribution < -0.4 is 5.32 Å². The Hall–Kier alpha value is -2.66. The lowest BCUT2D eigenvalue weighted by Gasteiger charge is -2.32. The first-order chi connectivity index (χ1) is 14.4. The molecule has 2 heterocycles. The molecule has 1 fully saturated rings. The van der Waals surface area contributed by atoms with Crippen molar-refractivity contribution in [3.8, 4) is 0 Å². The van der Waals surface area contributed by atoms with Crippen LogP contribution >= 0.6 is 0 Å². The van der Waals surface area contributed by atoms with Gasteiger partial charge in [-0.15, -0.1) is 0 Å². The highest BCUT2D eigenvalue weighted by atomic mass is 16.1. The van der Waals surface area contributed by atoms with Crippen LogP contribution in [0.1, 0.15) is 49.7 Å². The number of nitrogens with zero attached hydrogens (tertiary/aromatic N) is 3. The normalized spacial score (nSPS) is 17.6. The van der Waals surface area contributed by atoms with Crippen LogP contribution in [0.2, 0.25) is 0 Å². The van der Waals surface area contributed by atoms with Crippen LogP contribution in [0.25, 0.3) is 11.0 Å². The lowest BCUT2D eigenvalue weighted by Crippen LogP contribution is -2.40. The van der Waals surface area contributed by atoms with Crippen molar-refractivity contribution < 1.29 is 4.79 Å². The molecule has 1 N–H and O–H groups in total. The van der Waals surface area contributed by atoms with Crippen molar-refractivity contribution >= 4 is 22.6 Å². The van der Waals surface area contributed by atoms with Crippen LogP contribution in [0, 0.1) is 19.8 Å². The van der Waals surface area contributed by atoms with Crippen LogP contribution in [0.5, 0.6) is 0 Å². The van der Waals surface area contributed by atoms with Gasteiger partial charge in [-0.25, -0.2) is 4.98 Å². The third kappa shape index (κ3) is 4.26. The second-order valence-corrected chi connectivity index (χ2v) is 8.86. The van der Waals surface area contributed by atoms with E-state index in [1.54, 1.807) is 0 Å². The maximum absolute atomic E-state index is 13.0. The molecular weight excluding hydrogens is 372 g/mol.